The average molecular weight is 560 g/mol. The number of ether oxygens (including phenoxy) is 1. The van der Waals surface area contributed by atoms with E-state index < -0.39 is 6.93 Å². The quantitative estimate of drug-likeness (QED) is 0.121. The zero-order chi connectivity index (χ0) is 28.7. The standard InChI is InChI=1S/C16H25N2O.C4H10N2O.C2H6.C2H4.CH2F2.CH5N.CH3.Ca/c1-5-17-18-12-15-8-9-16(14(4)11-15)19-10-6-7-13(2)3;1-4(7)6(3)5-2;2*1-2;2-1-3;1-2;;/h6-8,12-13,15,17H,5,10-11H2,1-4H3;5H,1-3H3;1-2H3;1-2H2;1H2;2H2,1H3;1H3;/q-1;;;;;;-1;+2/b7-6+,18-12+;;;;;;;. The van der Waals surface area contributed by atoms with Gasteiger partial charge in [0.25, 0.3) is 0 Å². The molecule has 0 saturated heterocycles. The zero-order valence-electron chi connectivity index (χ0n) is 25.5. The summed E-state index contributed by atoms with van der Waals surface area (Å²) in [6.07, 6.45) is 12.3. The third-order valence-electron chi connectivity index (χ3n) is 3.53. The first-order chi connectivity index (χ1) is 16.7. The van der Waals surface area contributed by atoms with E-state index in [-0.39, 0.29) is 51.1 Å². The van der Waals surface area contributed by atoms with Gasteiger partial charge < -0.3 is 23.3 Å². The van der Waals surface area contributed by atoms with Crippen molar-refractivity contribution in [2.45, 2.75) is 54.9 Å². The van der Waals surface area contributed by atoms with Crippen LogP contribution >= 0.6 is 0 Å². The van der Waals surface area contributed by atoms with Crippen molar-refractivity contribution in [2.75, 3.05) is 41.2 Å². The Bertz CT molecular complexity index is 573. The van der Waals surface area contributed by atoms with E-state index in [0.29, 0.717) is 18.4 Å². The maximum Gasteiger partial charge on any atom is 2.00 e. The number of rotatable bonds is 8. The number of amides is 1. The summed E-state index contributed by atoms with van der Waals surface area (Å²) >= 11 is 0. The molecule has 0 bridgehead atoms. The normalized spacial score (nSPS) is 12.8. The van der Waals surface area contributed by atoms with Crippen LogP contribution in [0.25, 0.3) is 0 Å². The Morgan fingerprint density at radius 3 is 2.16 bits per heavy atom. The Morgan fingerprint density at radius 2 is 1.84 bits per heavy atom. The molecule has 1 rings (SSSR count). The molecule has 0 radical (unpaired) electrons. The number of hydrogen-bond donors (Lipinski definition) is 3. The van der Waals surface area contributed by atoms with E-state index in [1.54, 1.807) is 14.1 Å². The van der Waals surface area contributed by atoms with Crippen molar-refractivity contribution in [2.24, 2.45) is 22.7 Å². The van der Waals surface area contributed by atoms with Gasteiger partial charge in [0.2, 0.25) is 12.8 Å². The van der Waals surface area contributed by atoms with Crippen molar-refractivity contribution in [3.8, 4) is 0 Å². The predicted molar refractivity (Wildman–Crippen MR) is 160 cm³/mol. The summed E-state index contributed by atoms with van der Waals surface area (Å²) in [5, 5.41) is 5.55. The molecule has 1 amide bonds. The van der Waals surface area contributed by atoms with Crippen LogP contribution in [0.15, 0.2) is 47.8 Å². The number of hydrazone groups is 1. The summed E-state index contributed by atoms with van der Waals surface area (Å²) in [7, 11) is 4.86. The number of nitrogens with one attached hydrogen (secondary N) is 2. The SMILES string of the molecule is C=C.CC.CCN/N=C/C1C=[C-]C(OC/C=C/C(C)C)=C(C)C1.CN.CNN(C)C(C)=O.FCF.[CH3-].[Ca+2]. The fraction of sp³-hybridized carbons (Fsp3) is 0.593. The minimum absolute atomic E-state index is 0. The molecule has 1 aliphatic carbocycles. The summed E-state index contributed by atoms with van der Waals surface area (Å²) in [5.41, 5.74) is 11.3. The molecule has 0 heterocycles. The van der Waals surface area contributed by atoms with Crippen molar-refractivity contribution in [3.05, 3.63) is 56.2 Å². The van der Waals surface area contributed by atoms with Crippen LogP contribution in [0.1, 0.15) is 54.9 Å². The number of hydrazine groups is 1. The van der Waals surface area contributed by atoms with Gasteiger partial charge >= 0.3 is 37.7 Å². The second-order valence-electron chi connectivity index (χ2n) is 6.46. The molecule has 37 heavy (non-hydrogen) atoms. The number of halogens is 2. The molecule has 4 N–H and O–H groups in total. The molecule has 7 nitrogen and oxygen atoms in total. The van der Waals surface area contributed by atoms with Gasteiger partial charge in [-0.25, -0.2) is 20.3 Å². The molecule has 0 aromatic heterocycles. The summed E-state index contributed by atoms with van der Waals surface area (Å²) < 4.78 is 25.0. The minimum atomic E-state index is -1.75. The molecular weight excluding hydrogens is 504 g/mol. The smallest absolute Gasteiger partial charge is 0.527 e. The van der Waals surface area contributed by atoms with Gasteiger partial charge in [-0.1, -0.05) is 46.3 Å². The summed E-state index contributed by atoms with van der Waals surface area (Å²) in [4.78, 5) is 10.2. The van der Waals surface area contributed by atoms with E-state index in [4.69, 9.17) is 4.74 Å². The molecule has 1 aliphatic rings. The van der Waals surface area contributed by atoms with Crippen LogP contribution in [0.4, 0.5) is 8.78 Å². The van der Waals surface area contributed by atoms with E-state index in [1.807, 2.05) is 33.1 Å². The Morgan fingerprint density at radius 1 is 1.35 bits per heavy atom. The largest absolute Gasteiger partial charge is 2.00 e. The number of nitrogens with two attached hydrogens (primary N) is 1. The third kappa shape index (κ3) is 42.1. The first kappa shape index (κ1) is 52.2. The molecule has 1 unspecified atom stereocenters. The maximum atomic E-state index is 10.2. The fourth-order valence-corrected chi connectivity index (χ4v) is 1.93. The van der Waals surface area contributed by atoms with Crippen LogP contribution in [0, 0.1) is 25.3 Å². The topological polar surface area (TPSA) is 92.0 Å². The van der Waals surface area contributed by atoms with Crippen molar-refractivity contribution in [1.82, 2.24) is 15.9 Å². The first-order valence-corrected chi connectivity index (χ1v) is 11.7. The number of alkyl halides is 2. The molecule has 10 heteroatoms. The number of hydrogen-bond acceptors (Lipinski definition) is 6. The van der Waals surface area contributed by atoms with Gasteiger partial charge in [-0.3, -0.25) is 9.80 Å². The van der Waals surface area contributed by atoms with Crippen LogP contribution in [0.2, 0.25) is 0 Å². The molecule has 0 aromatic rings. The molecule has 216 valence electrons. The van der Waals surface area contributed by atoms with Gasteiger partial charge in [0.05, 0.1) is 0 Å². The van der Waals surface area contributed by atoms with E-state index in [0.717, 1.165) is 18.7 Å². The van der Waals surface area contributed by atoms with Crippen molar-refractivity contribution in [3.63, 3.8) is 0 Å². The fourth-order valence-electron chi connectivity index (χ4n) is 1.93. The van der Waals surface area contributed by atoms with E-state index in [1.165, 1.54) is 24.6 Å². The maximum absolute atomic E-state index is 10.2. The van der Waals surface area contributed by atoms with Crippen molar-refractivity contribution < 1.29 is 18.3 Å². The monoisotopic (exact) mass is 559 g/mol. The Kier molecular flexibility index (Phi) is 63.1. The van der Waals surface area contributed by atoms with Gasteiger partial charge in [0, 0.05) is 33.8 Å². The van der Waals surface area contributed by atoms with Gasteiger partial charge in [-0.15, -0.1) is 20.1 Å². The molecule has 1 atom stereocenters. The number of nitrogens with zero attached hydrogens (tertiary/aromatic N) is 2. The molecule has 0 aromatic carbocycles. The van der Waals surface area contributed by atoms with E-state index >= 15 is 0 Å². The van der Waals surface area contributed by atoms with Gasteiger partial charge in [-0.05, 0) is 31.6 Å². The Hall–Kier alpha value is -1.26. The van der Waals surface area contributed by atoms with Crippen LogP contribution in [0.5, 0.6) is 0 Å². The zero-order valence-corrected chi connectivity index (χ0v) is 27.7. The van der Waals surface area contributed by atoms with Crippen molar-refractivity contribution >= 4 is 49.9 Å². The summed E-state index contributed by atoms with van der Waals surface area (Å²) in [5.74, 6) is 1.78. The van der Waals surface area contributed by atoms with Crippen LogP contribution in [-0.2, 0) is 9.53 Å². The van der Waals surface area contributed by atoms with Gasteiger partial charge in [-0.2, -0.15) is 16.8 Å². The summed E-state index contributed by atoms with van der Waals surface area (Å²) in [6, 6.07) is 0. The van der Waals surface area contributed by atoms with E-state index in [9.17, 15) is 13.6 Å². The molecular formula is C27H55CaF2N5O2. The molecule has 0 aliphatic heterocycles. The average Bonchev–Trinajstić information content (AvgIpc) is 2.87. The third-order valence-corrected chi connectivity index (χ3v) is 3.53. The van der Waals surface area contributed by atoms with Crippen molar-refractivity contribution in [1.29, 1.82) is 0 Å². The number of carbonyl (C=O) groups excluding carboxylic acids is 1. The minimum Gasteiger partial charge on any atom is -0.527 e. The first-order valence-electron chi connectivity index (χ1n) is 11.7. The van der Waals surface area contributed by atoms with Gasteiger partial charge in [0.1, 0.15) is 6.61 Å². The number of allylic oxidation sites excluding steroid dienone is 4. The van der Waals surface area contributed by atoms with Crippen LogP contribution in [0.3, 0.4) is 0 Å². The Labute approximate surface area is 257 Å². The molecule has 0 fully saturated rings. The molecule has 0 spiro atoms. The number of carbonyl (C=O) groups is 1. The second kappa shape index (κ2) is 44.7. The predicted octanol–water partition coefficient (Wildman–Crippen LogP) is 5.42. The van der Waals surface area contributed by atoms with E-state index in [2.05, 4.69) is 73.8 Å². The molecule has 0 saturated carbocycles. The van der Waals surface area contributed by atoms with Gasteiger partial charge in [0.15, 0.2) is 0 Å². The summed E-state index contributed by atoms with van der Waals surface area (Å²) in [6.45, 7) is 19.6. The van der Waals surface area contributed by atoms with Crippen LogP contribution < -0.4 is 16.6 Å². The second-order valence-corrected chi connectivity index (χ2v) is 6.46. The Balaban J connectivity index is -0.0000000840. The van der Waals surface area contributed by atoms with Crippen LogP contribution in [-0.4, -0.2) is 96.1 Å².